The zero-order valence-corrected chi connectivity index (χ0v) is 25.7. The number of carboxylic acid groups (broad SMARTS) is 1. The average molecular weight is 618 g/mol. The van der Waals surface area contributed by atoms with Gasteiger partial charge in [0.1, 0.15) is 17.6 Å². The summed E-state index contributed by atoms with van der Waals surface area (Å²) >= 11 is 0. The summed E-state index contributed by atoms with van der Waals surface area (Å²) in [6, 6.07) is 14.3. The number of morpholine rings is 1. The van der Waals surface area contributed by atoms with Crippen LogP contribution in [0.4, 0.5) is 10.6 Å². The van der Waals surface area contributed by atoms with Crippen LogP contribution in [0.15, 0.2) is 54.6 Å². The molecule has 0 saturated carbocycles. The standard InChI is InChI=1S/C32H39N7O6/c1-20-13-14-38(32(43)37-15-17-45-18-16-37)26(31(41)42)24(20)25-27(44-3)29(39(35-25)30(40)23-7-5-4-6-8-23)36(2)19-21-9-11-22(12-10-21)28(33)34/h4-12,20,24,26H,13-19H2,1-3H3,(H3,33,34)(H,41,42). The van der Waals surface area contributed by atoms with Crippen molar-refractivity contribution in [2.75, 3.05) is 51.9 Å². The third-order valence-electron chi connectivity index (χ3n) is 8.52. The van der Waals surface area contributed by atoms with Crippen LogP contribution in [-0.2, 0) is 16.1 Å². The summed E-state index contributed by atoms with van der Waals surface area (Å²) in [6.45, 7) is 4.11. The van der Waals surface area contributed by atoms with Crippen molar-refractivity contribution in [1.82, 2.24) is 19.6 Å². The molecule has 238 valence electrons. The highest BCUT2D eigenvalue weighted by Gasteiger charge is 2.48. The van der Waals surface area contributed by atoms with Gasteiger partial charge in [-0.1, -0.05) is 49.4 Å². The second kappa shape index (κ2) is 13.4. The fourth-order valence-corrected chi connectivity index (χ4v) is 6.17. The maximum Gasteiger partial charge on any atom is 0.327 e. The highest BCUT2D eigenvalue weighted by Crippen LogP contribution is 2.45. The van der Waals surface area contributed by atoms with Crippen LogP contribution in [0.1, 0.15) is 46.4 Å². The fourth-order valence-electron chi connectivity index (χ4n) is 6.17. The highest BCUT2D eigenvalue weighted by molar-refractivity contribution is 5.98. The number of anilines is 1. The predicted octanol–water partition coefficient (Wildman–Crippen LogP) is 2.83. The summed E-state index contributed by atoms with van der Waals surface area (Å²) in [5.74, 6) is -1.94. The number of nitrogen functional groups attached to an aromatic ring is 1. The van der Waals surface area contributed by atoms with E-state index in [-0.39, 0.29) is 30.1 Å². The topological polar surface area (TPSA) is 167 Å². The number of nitrogens with zero attached hydrogens (tertiary/aromatic N) is 5. The van der Waals surface area contributed by atoms with Crippen LogP contribution in [0.25, 0.3) is 0 Å². The Balaban J connectivity index is 1.60. The molecule has 2 fully saturated rings. The Bertz CT molecular complexity index is 1550. The van der Waals surface area contributed by atoms with Gasteiger partial charge in [0.05, 0.1) is 20.3 Å². The van der Waals surface area contributed by atoms with Gasteiger partial charge >= 0.3 is 12.0 Å². The number of urea groups is 1. The Morgan fingerprint density at radius 2 is 1.73 bits per heavy atom. The van der Waals surface area contributed by atoms with Gasteiger partial charge < -0.3 is 35.0 Å². The lowest BCUT2D eigenvalue weighted by Crippen LogP contribution is -2.58. The number of amidine groups is 1. The van der Waals surface area contributed by atoms with E-state index in [1.807, 2.05) is 30.0 Å². The van der Waals surface area contributed by atoms with Crippen LogP contribution >= 0.6 is 0 Å². The van der Waals surface area contributed by atoms with E-state index in [0.717, 1.165) is 5.56 Å². The molecule has 0 aliphatic carbocycles. The van der Waals surface area contributed by atoms with Crippen molar-refractivity contribution in [2.45, 2.75) is 31.8 Å². The number of carboxylic acids is 1. The number of nitrogens with two attached hydrogens (primary N) is 1. The van der Waals surface area contributed by atoms with Gasteiger partial charge in [-0.25, -0.2) is 9.59 Å². The Hall–Kier alpha value is -4.91. The average Bonchev–Trinajstić information content (AvgIpc) is 3.44. The molecule has 3 unspecified atom stereocenters. The molecule has 2 saturated heterocycles. The van der Waals surface area contributed by atoms with Crippen LogP contribution in [0.5, 0.6) is 5.75 Å². The number of ether oxygens (including phenoxy) is 2. The minimum atomic E-state index is -1.23. The van der Waals surface area contributed by atoms with Gasteiger partial charge in [-0.15, -0.1) is 0 Å². The third-order valence-corrected chi connectivity index (χ3v) is 8.52. The van der Waals surface area contributed by atoms with Gasteiger partial charge in [0.25, 0.3) is 5.91 Å². The number of nitrogens with one attached hydrogen (secondary N) is 1. The lowest BCUT2D eigenvalue weighted by atomic mass is 9.78. The number of rotatable bonds is 8. The number of methoxy groups -OCH3 is 1. The molecular weight excluding hydrogens is 578 g/mol. The Labute approximate surface area is 261 Å². The van der Waals surface area contributed by atoms with E-state index in [4.69, 9.17) is 25.7 Å². The summed E-state index contributed by atoms with van der Waals surface area (Å²) in [6.07, 6.45) is 0.543. The highest BCUT2D eigenvalue weighted by atomic mass is 16.5. The second-order valence-electron chi connectivity index (χ2n) is 11.4. The summed E-state index contributed by atoms with van der Waals surface area (Å²) in [5, 5.41) is 23.1. The second-order valence-corrected chi connectivity index (χ2v) is 11.4. The lowest BCUT2D eigenvalue weighted by molar-refractivity contribution is -0.145. The first-order valence-electron chi connectivity index (χ1n) is 14.9. The van der Waals surface area contributed by atoms with Crippen molar-refractivity contribution >= 4 is 29.6 Å². The Morgan fingerprint density at radius 3 is 2.33 bits per heavy atom. The number of carbonyl (C=O) groups excluding carboxylic acids is 2. The van der Waals surface area contributed by atoms with E-state index in [0.29, 0.717) is 61.9 Å². The molecule has 0 radical (unpaired) electrons. The van der Waals surface area contributed by atoms with E-state index in [1.54, 1.807) is 48.3 Å². The first kappa shape index (κ1) is 31.5. The molecule has 45 heavy (non-hydrogen) atoms. The van der Waals surface area contributed by atoms with Crippen LogP contribution < -0.4 is 15.4 Å². The van der Waals surface area contributed by atoms with E-state index < -0.39 is 23.8 Å². The first-order valence-corrected chi connectivity index (χ1v) is 14.9. The molecule has 2 amide bonds. The minimum absolute atomic E-state index is 0.0384. The number of amides is 2. The van der Waals surface area contributed by atoms with Crippen LogP contribution in [0.3, 0.4) is 0 Å². The molecule has 1 aromatic heterocycles. The predicted molar refractivity (Wildman–Crippen MR) is 167 cm³/mol. The lowest BCUT2D eigenvalue weighted by Gasteiger charge is -2.44. The maximum atomic E-state index is 14.0. The van der Waals surface area contributed by atoms with Gasteiger partial charge in [0.15, 0.2) is 11.6 Å². The summed E-state index contributed by atoms with van der Waals surface area (Å²) in [4.78, 5) is 45.4. The molecular formula is C32H39N7O6. The maximum absolute atomic E-state index is 14.0. The zero-order valence-electron chi connectivity index (χ0n) is 25.7. The van der Waals surface area contributed by atoms with E-state index in [2.05, 4.69) is 0 Å². The van der Waals surface area contributed by atoms with Gasteiger partial charge in [-0.2, -0.15) is 9.78 Å². The van der Waals surface area contributed by atoms with Crippen molar-refractivity contribution in [1.29, 1.82) is 5.41 Å². The number of hydrogen-bond donors (Lipinski definition) is 3. The fraction of sp³-hybridized carbons (Fsp3) is 0.406. The van der Waals surface area contributed by atoms with Gasteiger partial charge in [0.2, 0.25) is 0 Å². The van der Waals surface area contributed by atoms with Crippen molar-refractivity contribution in [3.63, 3.8) is 0 Å². The summed E-state index contributed by atoms with van der Waals surface area (Å²) in [5.41, 5.74) is 7.79. The summed E-state index contributed by atoms with van der Waals surface area (Å²) < 4.78 is 12.6. The molecule has 3 heterocycles. The molecule has 2 aliphatic heterocycles. The van der Waals surface area contributed by atoms with E-state index in [1.165, 1.54) is 16.7 Å². The van der Waals surface area contributed by atoms with Crippen molar-refractivity contribution in [2.24, 2.45) is 11.7 Å². The molecule has 2 aliphatic rings. The van der Waals surface area contributed by atoms with Crippen LogP contribution in [0, 0.1) is 11.3 Å². The van der Waals surface area contributed by atoms with Crippen molar-refractivity contribution < 1.29 is 29.0 Å². The van der Waals surface area contributed by atoms with E-state index >= 15 is 0 Å². The minimum Gasteiger partial charge on any atom is -0.491 e. The van der Waals surface area contributed by atoms with Gasteiger partial charge in [0, 0.05) is 50.3 Å². The first-order chi connectivity index (χ1) is 21.6. The Morgan fingerprint density at radius 1 is 1.07 bits per heavy atom. The molecule has 3 aromatic rings. The SMILES string of the molecule is COc1c(C2C(C)CCN(C(=O)N3CCOCC3)C2C(=O)O)nn(C(=O)c2ccccc2)c1N(C)Cc1ccc(C(=N)N)cc1. The molecule has 0 bridgehead atoms. The van der Waals surface area contributed by atoms with Crippen molar-refractivity contribution in [3.8, 4) is 5.75 Å². The normalized spacial score (nSPS) is 20.0. The molecule has 4 N–H and O–H groups in total. The number of likely N-dealkylation sites (tertiary alicyclic amines) is 1. The molecule has 13 heteroatoms. The molecule has 0 spiro atoms. The molecule has 3 atom stereocenters. The number of piperidine rings is 1. The largest absolute Gasteiger partial charge is 0.491 e. The van der Waals surface area contributed by atoms with Crippen molar-refractivity contribution in [3.05, 3.63) is 77.0 Å². The summed E-state index contributed by atoms with van der Waals surface area (Å²) in [7, 11) is 3.26. The van der Waals surface area contributed by atoms with E-state index in [9.17, 15) is 19.5 Å². The zero-order chi connectivity index (χ0) is 32.2. The molecule has 13 nitrogen and oxygen atoms in total. The quantitative estimate of drug-likeness (QED) is 0.254. The number of carbonyl (C=O) groups is 3. The number of hydrogen-bond acceptors (Lipinski definition) is 8. The van der Waals surface area contributed by atoms with Gasteiger partial charge in [-0.3, -0.25) is 10.2 Å². The number of aliphatic carboxylic acids is 1. The smallest absolute Gasteiger partial charge is 0.327 e. The van der Waals surface area contributed by atoms with Gasteiger partial charge in [-0.05, 0) is 30.0 Å². The van der Waals surface area contributed by atoms with Crippen LogP contribution in [0.2, 0.25) is 0 Å². The number of aromatic nitrogens is 2. The third kappa shape index (κ3) is 6.34. The van der Waals surface area contributed by atoms with Crippen LogP contribution in [-0.4, -0.2) is 101 Å². The monoisotopic (exact) mass is 617 g/mol. The molecule has 5 rings (SSSR count). The molecule has 2 aromatic carbocycles. The Kier molecular flexibility index (Phi) is 9.37. The number of benzene rings is 2.